The van der Waals surface area contributed by atoms with Crippen LogP contribution in [0.15, 0.2) is 52.2 Å². The predicted molar refractivity (Wildman–Crippen MR) is 98.9 cm³/mol. The quantitative estimate of drug-likeness (QED) is 0.660. The molecule has 2 heterocycles. The van der Waals surface area contributed by atoms with Gasteiger partial charge in [0.2, 0.25) is 0 Å². The molecule has 9 heteroatoms. The van der Waals surface area contributed by atoms with E-state index in [1.807, 2.05) is 25.3 Å². The van der Waals surface area contributed by atoms with Gasteiger partial charge in [-0.3, -0.25) is 14.1 Å². The number of nitrogens with one attached hydrogen (secondary N) is 1. The van der Waals surface area contributed by atoms with Crippen molar-refractivity contribution in [3.8, 4) is 0 Å². The number of anilines is 1. The molecule has 2 aromatic heterocycles. The molecular weight excluding hydrogens is 406 g/mol. The van der Waals surface area contributed by atoms with Gasteiger partial charge in [-0.2, -0.15) is 10.2 Å². The van der Waals surface area contributed by atoms with Crippen molar-refractivity contribution < 1.29 is 8.42 Å². The molecule has 132 valence electrons. The van der Waals surface area contributed by atoms with Crippen molar-refractivity contribution in [2.24, 2.45) is 0 Å². The maximum atomic E-state index is 12.6. The Morgan fingerprint density at radius 1 is 1.24 bits per heavy atom. The number of nitrogens with zero attached hydrogens (tertiary/aromatic N) is 4. The van der Waals surface area contributed by atoms with Crippen LogP contribution in [0.2, 0.25) is 0 Å². The number of hydrogen-bond acceptors (Lipinski definition) is 4. The van der Waals surface area contributed by atoms with Crippen LogP contribution in [0.3, 0.4) is 0 Å². The van der Waals surface area contributed by atoms with E-state index < -0.39 is 10.0 Å². The Balaban J connectivity index is 1.82. The van der Waals surface area contributed by atoms with Gasteiger partial charge in [0.1, 0.15) is 4.90 Å². The van der Waals surface area contributed by atoms with E-state index in [2.05, 4.69) is 30.8 Å². The molecule has 0 aliphatic rings. The van der Waals surface area contributed by atoms with E-state index in [-0.39, 0.29) is 4.90 Å². The third kappa shape index (κ3) is 3.93. The molecule has 3 rings (SSSR count). The molecule has 0 amide bonds. The highest BCUT2D eigenvalue weighted by atomic mass is 79.9. The number of aryl methyl sites for hydroxylation is 1. The van der Waals surface area contributed by atoms with Crippen LogP contribution >= 0.6 is 15.9 Å². The average Bonchev–Trinajstić information content (AvgIpc) is 3.13. The number of halogens is 1. The van der Waals surface area contributed by atoms with E-state index in [9.17, 15) is 8.42 Å². The lowest BCUT2D eigenvalue weighted by atomic mass is 10.2. The zero-order chi connectivity index (χ0) is 18.0. The molecule has 0 radical (unpaired) electrons. The van der Waals surface area contributed by atoms with Crippen molar-refractivity contribution in [1.29, 1.82) is 0 Å². The van der Waals surface area contributed by atoms with Gasteiger partial charge in [-0.25, -0.2) is 8.42 Å². The normalized spacial score (nSPS) is 11.6. The minimum absolute atomic E-state index is 0.191. The smallest absolute Gasteiger partial charge is 0.265 e. The van der Waals surface area contributed by atoms with E-state index in [0.29, 0.717) is 24.5 Å². The van der Waals surface area contributed by atoms with Crippen LogP contribution in [-0.4, -0.2) is 28.0 Å². The number of rotatable bonds is 6. The molecule has 0 atom stereocenters. The van der Waals surface area contributed by atoms with Crippen LogP contribution in [0.5, 0.6) is 0 Å². The summed E-state index contributed by atoms with van der Waals surface area (Å²) in [6.07, 6.45) is 4.95. The van der Waals surface area contributed by atoms with Crippen molar-refractivity contribution in [3.05, 3.63) is 58.6 Å². The molecule has 0 fully saturated rings. The zero-order valence-corrected chi connectivity index (χ0v) is 16.2. The van der Waals surface area contributed by atoms with Crippen LogP contribution in [0.4, 0.5) is 5.69 Å². The second-order valence-electron chi connectivity index (χ2n) is 5.57. The second-order valence-corrected chi connectivity index (χ2v) is 8.14. The van der Waals surface area contributed by atoms with Gasteiger partial charge in [0.05, 0.1) is 29.1 Å². The van der Waals surface area contributed by atoms with E-state index >= 15 is 0 Å². The van der Waals surface area contributed by atoms with Gasteiger partial charge in [0.15, 0.2) is 0 Å². The van der Waals surface area contributed by atoms with Gasteiger partial charge in [-0.15, -0.1) is 0 Å². The highest BCUT2D eigenvalue weighted by Crippen LogP contribution is 2.20. The van der Waals surface area contributed by atoms with E-state index in [1.165, 1.54) is 6.20 Å². The molecule has 1 N–H and O–H groups in total. The fraction of sp³-hybridized carbons (Fsp3) is 0.250. The summed E-state index contributed by atoms with van der Waals surface area (Å²) in [7, 11) is -3.68. The molecule has 0 bridgehead atoms. The molecule has 7 nitrogen and oxygen atoms in total. The summed E-state index contributed by atoms with van der Waals surface area (Å²) in [5, 5.41) is 8.31. The largest absolute Gasteiger partial charge is 0.280 e. The van der Waals surface area contributed by atoms with Crippen molar-refractivity contribution in [2.75, 3.05) is 4.72 Å². The van der Waals surface area contributed by atoms with Crippen LogP contribution in [0, 0.1) is 6.92 Å². The first-order chi connectivity index (χ1) is 11.9. The molecule has 0 aliphatic heterocycles. The summed E-state index contributed by atoms with van der Waals surface area (Å²) < 4.78 is 32.2. The first kappa shape index (κ1) is 17.7. The third-order valence-electron chi connectivity index (χ3n) is 3.77. The standard InChI is InChI=1S/C16H18BrN5O2S/c1-3-22-12(2)16(9-19-22)25(23,24)20-15-6-4-5-13(7-15)10-21-11-14(17)8-18-21/h4-9,11,20H,3,10H2,1-2H3. The first-order valence-electron chi connectivity index (χ1n) is 7.71. The van der Waals surface area contributed by atoms with E-state index in [4.69, 9.17) is 0 Å². The second kappa shape index (κ2) is 7.01. The highest BCUT2D eigenvalue weighted by molar-refractivity contribution is 9.10. The summed E-state index contributed by atoms with van der Waals surface area (Å²) in [4.78, 5) is 0.191. The Labute approximate surface area is 154 Å². The Morgan fingerprint density at radius 2 is 2.04 bits per heavy atom. The minimum Gasteiger partial charge on any atom is -0.280 e. The first-order valence-corrected chi connectivity index (χ1v) is 9.99. The van der Waals surface area contributed by atoms with Gasteiger partial charge < -0.3 is 0 Å². The molecule has 3 aromatic rings. The topological polar surface area (TPSA) is 81.8 Å². The predicted octanol–water partition coefficient (Wildman–Crippen LogP) is 3.02. The molecular formula is C16H18BrN5O2S. The summed E-state index contributed by atoms with van der Waals surface area (Å²) in [6, 6.07) is 7.26. The highest BCUT2D eigenvalue weighted by Gasteiger charge is 2.20. The van der Waals surface area contributed by atoms with Crippen LogP contribution in [-0.2, 0) is 23.1 Å². The van der Waals surface area contributed by atoms with Crippen LogP contribution in [0.25, 0.3) is 0 Å². The number of hydrogen-bond donors (Lipinski definition) is 1. The average molecular weight is 424 g/mol. The third-order valence-corrected chi connectivity index (χ3v) is 5.67. The zero-order valence-electron chi connectivity index (χ0n) is 13.8. The SMILES string of the molecule is CCn1ncc(S(=O)(=O)Nc2cccc(Cn3cc(Br)cn3)c2)c1C. The fourth-order valence-electron chi connectivity index (χ4n) is 2.57. The lowest BCUT2D eigenvalue weighted by Crippen LogP contribution is -2.14. The Kier molecular flexibility index (Phi) is 4.96. The molecule has 25 heavy (non-hydrogen) atoms. The van der Waals surface area contributed by atoms with Crippen molar-refractivity contribution >= 4 is 31.6 Å². The molecule has 0 saturated carbocycles. The Hall–Kier alpha value is -2.13. The molecule has 0 spiro atoms. The summed E-state index contributed by atoms with van der Waals surface area (Å²) in [5.74, 6) is 0. The summed E-state index contributed by atoms with van der Waals surface area (Å²) >= 11 is 3.36. The minimum atomic E-state index is -3.68. The monoisotopic (exact) mass is 423 g/mol. The Morgan fingerprint density at radius 3 is 2.68 bits per heavy atom. The molecule has 0 unspecified atom stereocenters. The van der Waals surface area contributed by atoms with Gasteiger partial charge in [0, 0.05) is 18.4 Å². The maximum Gasteiger partial charge on any atom is 0.265 e. The Bertz CT molecular complexity index is 994. The number of aromatic nitrogens is 4. The van der Waals surface area contributed by atoms with Crippen molar-refractivity contribution in [2.45, 2.75) is 31.8 Å². The molecule has 0 saturated heterocycles. The van der Waals surface area contributed by atoms with Gasteiger partial charge >= 0.3 is 0 Å². The van der Waals surface area contributed by atoms with Crippen molar-refractivity contribution in [3.63, 3.8) is 0 Å². The fourth-order valence-corrected chi connectivity index (χ4v) is 4.12. The van der Waals surface area contributed by atoms with Crippen LogP contribution < -0.4 is 4.72 Å². The molecule has 0 aliphatic carbocycles. The number of benzene rings is 1. The lowest BCUT2D eigenvalue weighted by molar-refractivity contribution is 0.598. The van der Waals surface area contributed by atoms with Crippen LogP contribution in [0.1, 0.15) is 18.2 Å². The van der Waals surface area contributed by atoms with Gasteiger partial charge in [-0.05, 0) is 47.5 Å². The van der Waals surface area contributed by atoms with Gasteiger partial charge in [0.25, 0.3) is 10.0 Å². The van der Waals surface area contributed by atoms with E-state index in [0.717, 1.165) is 10.0 Å². The lowest BCUT2D eigenvalue weighted by Gasteiger charge is -2.10. The van der Waals surface area contributed by atoms with Gasteiger partial charge in [-0.1, -0.05) is 12.1 Å². The van der Waals surface area contributed by atoms with Crippen molar-refractivity contribution in [1.82, 2.24) is 19.6 Å². The maximum absolute atomic E-state index is 12.6. The summed E-state index contributed by atoms with van der Waals surface area (Å²) in [6.45, 7) is 4.84. The summed E-state index contributed by atoms with van der Waals surface area (Å²) in [5.41, 5.74) is 2.07. The molecule has 1 aromatic carbocycles. The number of sulfonamides is 1. The van der Waals surface area contributed by atoms with E-state index in [1.54, 1.807) is 34.6 Å².